The molecule has 5 rings (SSSR count). The number of imide groups is 1. The Labute approximate surface area is 254 Å². The van der Waals surface area contributed by atoms with Crippen molar-refractivity contribution in [2.75, 3.05) is 6.61 Å². The molecule has 2 saturated carbocycles. The molecule has 2 aliphatic heterocycles. The average molecular weight is 593 g/mol. The maximum absolute atomic E-state index is 13.3. The fraction of sp³-hybridized carbons (Fsp3) is 0.636. The van der Waals surface area contributed by atoms with Crippen molar-refractivity contribution in [3.63, 3.8) is 0 Å². The SMILES string of the molecule is CC(C)(C)OC(=O)N(C1CCC(N)CC1)C1CCC(OCC#Cc2ccc3c(c2)CN(C2CCC(=O)NC2=O)C3=O)CC1. The van der Waals surface area contributed by atoms with Gasteiger partial charge in [0.15, 0.2) is 0 Å². The number of rotatable bonds is 5. The summed E-state index contributed by atoms with van der Waals surface area (Å²) >= 11 is 0. The Morgan fingerprint density at radius 3 is 2.35 bits per heavy atom. The minimum Gasteiger partial charge on any atom is -0.444 e. The summed E-state index contributed by atoms with van der Waals surface area (Å²) in [5, 5.41) is 2.33. The van der Waals surface area contributed by atoms with Gasteiger partial charge in [0, 0.05) is 42.2 Å². The normalized spacial score (nSPS) is 27.6. The molecule has 3 fully saturated rings. The van der Waals surface area contributed by atoms with E-state index < -0.39 is 17.6 Å². The van der Waals surface area contributed by atoms with Crippen molar-refractivity contribution in [2.24, 2.45) is 5.73 Å². The Morgan fingerprint density at radius 1 is 1.02 bits per heavy atom. The molecule has 4 amide bonds. The number of hydrogen-bond acceptors (Lipinski definition) is 7. The predicted molar refractivity (Wildman–Crippen MR) is 160 cm³/mol. The number of carbonyl (C=O) groups excluding carboxylic acids is 4. The van der Waals surface area contributed by atoms with E-state index in [0.29, 0.717) is 25.1 Å². The predicted octanol–water partition coefficient (Wildman–Crippen LogP) is 3.63. The van der Waals surface area contributed by atoms with Gasteiger partial charge in [0.2, 0.25) is 11.8 Å². The van der Waals surface area contributed by atoms with Crippen molar-refractivity contribution in [2.45, 2.75) is 127 Å². The van der Waals surface area contributed by atoms with Gasteiger partial charge < -0.3 is 25.0 Å². The molecule has 1 unspecified atom stereocenters. The molecule has 10 nitrogen and oxygen atoms in total. The van der Waals surface area contributed by atoms with E-state index in [-0.39, 0.29) is 48.6 Å². The highest BCUT2D eigenvalue weighted by molar-refractivity contribution is 6.05. The summed E-state index contributed by atoms with van der Waals surface area (Å²) in [5.41, 5.74) is 7.78. The minimum absolute atomic E-state index is 0.0885. The average Bonchev–Trinajstić information content (AvgIpc) is 3.27. The number of piperidine rings is 1. The summed E-state index contributed by atoms with van der Waals surface area (Å²) in [5.74, 6) is 5.33. The summed E-state index contributed by atoms with van der Waals surface area (Å²) in [6.45, 7) is 6.34. The Kier molecular flexibility index (Phi) is 9.42. The molecule has 10 heteroatoms. The summed E-state index contributed by atoms with van der Waals surface area (Å²) < 4.78 is 11.9. The van der Waals surface area contributed by atoms with Gasteiger partial charge >= 0.3 is 6.09 Å². The number of carbonyl (C=O) groups is 4. The van der Waals surface area contributed by atoms with Crippen LogP contribution in [-0.4, -0.2) is 76.1 Å². The Bertz CT molecular complexity index is 1290. The van der Waals surface area contributed by atoms with E-state index in [4.69, 9.17) is 15.2 Å². The molecule has 1 atom stereocenters. The zero-order chi connectivity index (χ0) is 30.7. The van der Waals surface area contributed by atoms with Gasteiger partial charge in [-0.15, -0.1) is 0 Å². The zero-order valence-corrected chi connectivity index (χ0v) is 25.5. The molecule has 1 aromatic carbocycles. The van der Waals surface area contributed by atoms with Crippen LogP contribution in [0.15, 0.2) is 18.2 Å². The van der Waals surface area contributed by atoms with Crippen LogP contribution in [0.25, 0.3) is 0 Å². The molecule has 3 N–H and O–H groups in total. The molecule has 0 bridgehead atoms. The van der Waals surface area contributed by atoms with Gasteiger partial charge in [0.25, 0.3) is 5.91 Å². The monoisotopic (exact) mass is 592 g/mol. The van der Waals surface area contributed by atoms with Crippen LogP contribution >= 0.6 is 0 Å². The standard InChI is InChI=1S/C33H44N4O6/c1-33(2,3)43-32(41)37(24-9-7-23(34)8-10-24)25-11-13-26(14-12-25)42-18-4-5-21-6-15-27-22(19-21)20-36(31(27)40)28-16-17-29(38)35-30(28)39/h6,15,19,23-26,28H,7-14,16-18,20,34H2,1-3H3,(H,35,38,39). The van der Waals surface area contributed by atoms with Crippen LogP contribution in [0, 0.1) is 11.8 Å². The second-order valence-electron chi connectivity index (χ2n) is 13.3. The Balaban J connectivity index is 1.12. The molecule has 0 aromatic heterocycles. The zero-order valence-electron chi connectivity index (χ0n) is 25.5. The number of nitrogens with two attached hydrogens (primary N) is 1. The summed E-state index contributed by atoms with van der Waals surface area (Å²) in [7, 11) is 0. The van der Waals surface area contributed by atoms with Gasteiger partial charge in [-0.3, -0.25) is 19.7 Å². The van der Waals surface area contributed by atoms with E-state index in [9.17, 15) is 19.2 Å². The van der Waals surface area contributed by atoms with Crippen molar-refractivity contribution >= 4 is 23.8 Å². The highest BCUT2D eigenvalue weighted by atomic mass is 16.6. The van der Waals surface area contributed by atoms with Gasteiger partial charge in [-0.25, -0.2) is 4.79 Å². The lowest BCUT2D eigenvalue weighted by atomic mass is 9.86. The van der Waals surface area contributed by atoms with Crippen molar-refractivity contribution in [1.82, 2.24) is 15.1 Å². The number of nitrogens with zero attached hydrogens (tertiary/aromatic N) is 2. The highest BCUT2D eigenvalue weighted by Gasteiger charge is 2.40. The Hall–Kier alpha value is -3.42. The number of benzene rings is 1. The van der Waals surface area contributed by atoms with E-state index in [0.717, 1.165) is 62.5 Å². The van der Waals surface area contributed by atoms with Crippen molar-refractivity contribution in [1.29, 1.82) is 0 Å². The summed E-state index contributed by atoms with van der Waals surface area (Å²) in [4.78, 5) is 53.5. The maximum Gasteiger partial charge on any atom is 0.410 e. The van der Waals surface area contributed by atoms with Crippen LogP contribution in [-0.2, 0) is 25.6 Å². The first-order valence-corrected chi connectivity index (χ1v) is 15.6. The van der Waals surface area contributed by atoms with Crippen LogP contribution in [0.1, 0.15) is 106 Å². The molecule has 232 valence electrons. The summed E-state index contributed by atoms with van der Waals surface area (Å²) in [6, 6.07) is 5.34. The van der Waals surface area contributed by atoms with Gasteiger partial charge in [-0.1, -0.05) is 11.8 Å². The molecule has 2 heterocycles. The molecule has 2 aliphatic carbocycles. The lowest BCUT2D eigenvalue weighted by Crippen LogP contribution is -2.52. The van der Waals surface area contributed by atoms with Crippen molar-refractivity contribution in [3.05, 3.63) is 34.9 Å². The molecular formula is C33H44N4O6. The topological polar surface area (TPSA) is 131 Å². The van der Waals surface area contributed by atoms with E-state index in [1.165, 1.54) is 4.90 Å². The lowest BCUT2D eigenvalue weighted by Gasteiger charge is -2.43. The van der Waals surface area contributed by atoms with Crippen molar-refractivity contribution < 1.29 is 28.7 Å². The summed E-state index contributed by atoms with van der Waals surface area (Å²) in [6.07, 6.45) is 7.56. The second-order valence-corrected chi connectivity index (χ2v) is 13.3. The minimum atomic E-state index is -0.632. The lowest BCUT2D eigenvalue weighted by molar-refractivity contribution is -0.136. The van der Waals surface area contributed by atoms with Gasteiger partial charge in [-0.05, 0) is 102 Å². The van der Waals surface area contributed by atoms with E-state index in [1.807, 2.05) is 37.8 Å². The largest absolute Gasteiger partial charge is 0.444 e. The van der Waals surface area contributed by atoms with Gasteiger partial charge in [0.05, 0.1) is 6.10 Å². The molecule has 0 radical (unpaired) electrons. The number of hydrogen-bond donors (Lipinski definition) is 2. The van der Waals surface area contributed by atoms with Crippen LogP contribution in [0.2, 0.25) is 0 Å². The van der Waals surface area contributed by atoms with Crippen LogP contribution in [0.5, 0.6) is 0 Å². The molecule has 4 aliphatic rings. The van der Waals surface area contributed by atoms with Gasteiger partial charge in [0.1, 0.15) is 18.2 Å². The third kappa shape index (κ3) is 7.57. The maximum atomic E-state index is 13.3. The second kappa shape index (κ2) is 13.1. The third-order valence-electron chi connectivity index (χ3n) is 8.92. The molecule has 0 spiro atoms. The first-order valence-electron chi connectivity index (χ1n) is 15.6. The number of nitrogens with one attached hydrogen (secondary N) is 1. The van der Waals surface area contributed by atoms with Gasteiger partial charge in [-0.2, -0.15) is 0 Å². The Morgan fingerprint density at radius 2 is 1.70 bits per heavy atom. The van der Waals surface area contributed by atoms with E-state index in [1.54, 1.807) is 6.07 Å². The molecule has 1 saturated heterocycles. The van der Waals surface area contributed by atoms with Crippen LogP contribution < -0.4 is 11.1 Å². The molecular weight excluding hydrogens is 548 g/mol. The van der Waals surface area contributed by atoms with E-state index in [2.05, 4.69) is 17.2 Å². The van der Waals surface area contributed by atoms with Crippen molar-refractivity contribution in [3.8, 4) is 11.8 Å². The number of amides is 4. The number of ether oxygens (including phenoxy) is 2. The van der Waals surface area contributed by atoms with Crippen LogP contribution in [0.4, 0.5) is 4.79 Å². The first kappa shape index (κ1) is 31.0. The molecule has 1 aromatic rings. The highest BCUT2D eigenvalue weighted by Crippen LogP contribution is 2.33. The third-order valence-corrected chi connectivity index (χ3v) is 8.92. The molecule has 43 heavy (non-hydrogen) atoms. The fourth-order valence-corrected chi connectivity index (χ4v) is 6.73. The smallest absolute Gasteiger partial charge is 0.410 e. The fourth-order valence-electron chi connectivity index (χ4n) is 6.73. The van der Waals surface area contributed by atoms with Crippen LogP contribution in [0.3, 0.4) is 0 Å². The first-order chi connectivity index (χ1) is 20.5. The number of fused-ring (bicyclic) bond motifs is 1. The van der Waals surface area contributed by atoms with E-state index >= 15 is 0 Å². The quantitative estimate of drug-likeness (QED) is 0.394.